The Balaban J connectivity index is 1.31. The topological polar surface area (TPSA) is 85.2 Å². The Labute approximate surface area is 182 Å². The van der Waals surface area contributed by atoms with Crippen LogP contribution in [0.4, 0.5) is 0 Å². The van der Waals surface area contributed by atoms with E-state index in [0.717, 1.165) is 18.8 Å². The molecule has 1 aliphatic rings. The van der Waals surface area contributed by atoms with Gasteiger partial charge in [0.05, 0.1) is 11.7 Å². The largest absolute Gasteiger partial charge is 0.484 e. The molecular weight excluding hydrogens is 392 g/mol. The van der Waals surface area contributed by atoms with Crippen LogP contribution in [0.3, 0.4) is 0 Å². The van der Waals surface area contributed by atoms with E-state index in [1.807, 2.05) is 18.2 Å². The van der Waals surface area contributed by atoms with Gasteiger partial charge in [0.15, 0.2) is 6.61 Å². The number of hydrogen-bond donors (Lipinski definition) is 1. The number of nitrogens with one attached hydrogen (secondary N) is 1. The van der Waals surface area contributed by atoms with Crippen LogP contribution in [0.15, 0.2) is 60.9 Å². The molecule has 2 aromatic carbocycles. The summed E-state index contributed by atoms with van der Waals surface area (Å²) in [6.45, 7) is 2.69. The molecule has 0 radical (unpaired) electrons. The molecule has 3 aromatic rings. The molecule has 1 fully saturated rings. The highest BCUT2D eigenvalue weighted by atomic mass is 16.5. The van der Waals surface area contributed by atoms with Crippen LogP contribution < -0.4 is 10.1 Å². The SMILES string of the molecule is O=C(COc1ccc(-n2cnnn2)cc1)NCC(c1ccccc1)N1CCCCCC1. The number of benzene rings is 2. The van der Waals surface area contributed by atoms with Crippen molar-refractivity contribution in [2.24, 2.45) is 0 Å². The summed E-state index contributed by atoms with van der Waals surface area (Å²) in [4.78, 5) is 15.0. The van der Waals surface area contributed by atoms with Crippen molar-refractivity contribution in [3.05, 3.63) is 66.5 Å². The predicted octanol–water partition coefficient (Wildman–Crippen LogP) is 2.77. The molecule has 1 amide bonds. The summed E-state index contributed by atoms with van der Waals surface area (Å²) >= 11 is 0. The minimum absolute atomic E-state index is 0.0221. The number of carbonyl (C=O) groups excluding carboxylic acids is 1. The first-order valence-corrected chi connectivity index (χ1v) is 10.8. The fraction of sp³-hybridized carbons (Fsp3) is 0.391. The minimum atomic E-state index is -0.125. The summed E-state index contributed by atoms with van der Waals surface area (Å²) in [7, 11) is 0. The van der Waals surface area contributed by atoms with E-state index in [-0.39, 0.29) is 18.6 Å². The second kappa shape index (κ2) is 10.7. The molecule has 0 aliphatic carbocycles. The van der Waals surface area contributed by atoms with Crippen LogP contribution >= 0.6 is 0 Å². The summed E-state index contributed by atoms with van der Waals surface area (Å²) in [6, 6.07) is 17.9. The predicted molar refractivity (Wildman–Crippen MR) is 117 cm³/mol. The first-order chi connectivity index (χ1) is 15.3. The van der Waals surface area contributed by atoms with Crippen molar-refractivity contribution in [1.29, 1.82) is 0 Å². The monoisotopic (exact) mass is 420 g/mol. The molecule has 0 bridgehead atoms. The third-order valence-corrected chi connectivity index (χ3v) is 5.58. The van der Waals surface area contributed by atoms with Gasteiger partial charge in [-0.05, 0) is 66.2 Å². The van der Waals surface area contributed by atoms with Gasteiger partial charge in [0, 0.05) is 6.54 Å². The molecule has 1 N–H and O–H groups in total. The molecule has 1 unspecified atom stereocenters. The fourth-order valence-corrected chi connectivity index (χ4v) is 3.92. The molecule has 2 heterocycles. The third kappa shape index (κ3) is 5.88. The highest BCUT2D eigenvalue weighted by molar-refractivity contribution is 5.77. The number of amides is 1. The van der Waals surface area contributed by atoms with E-state index in [9.17, 15) is 4.79 Å². The van der Waals surface area contributed by atoms with Gasteiger partial charge in [-0.1, -0.05) is 43.2 Å². The van der Waals surface area contributed by atoms with Gasteiger partial charge in [-0.3, -0.25) is 9.69 Å². The maximum atomic E-state index is 12.5. The maximum absolute atomic E-state index is 12.5. The number of ether oxygens (including phenoxy) is 1. The van der Waals surface area contributed by atoms with Gasteiger partial charge in [0.25, 0.3) is 5.91 Å². The summed E-state index contributed by atoms with van der Waals surface area (Å²) in [5.74, 6) is 0.499. The van der Waals surface area contributed by atoms with Crippen LogP contribution in [0, 0.1) is 0 Å². The van der Waals surface area contributed by atoms with Crippen molar-refractivity contribution >= 4 is 5.91 Å². The number of hydrogen-bond acceptors (Lipinski definition) is 6. The van der Waals surface area contributed by atoms with Gasteiger partial charge < -0.3 is 10.1 Å². The zero-order chi connectivity index (χ0) is 21.3. The molecule has 8 heteroatoms. The van der Waals surface area contributed by atoms with Crippen molar-refractivity contribution in [2.45, 2.75) is 31.7 Å². The van der Waals surface area contributed by atoms with Crippen LogP contribution in [0.1, 0.15) is 37.3 Å². The van der Waals surface area contributed by atoms with Gasteiger partial charge in [-0.15, -0.1) is 5.10 Å². The molecule has 162 valence electrons. The lowest BCUT2D eigenvalue weighted by atomic mass is 10.0. The van der Waals surface area contributed by atoms with Crippen LogP contribution in [-0.4, -0.2) is 57.3 Å². The van der Waals surface area contributed by atoms with Crippen molar-refractivity contribution in [3.63, 3.8) is 0 Å². The van der Waals surface area contributed by atoms with E-state index in [1.54, 1.807) is 16.8 Å². The molecule has 4 rings (SSSR count). The number of rotatable bonds is 8. The van der Waals surface area contributed by atoms with Gasteiger partial charge in [-0.25, -0.2) is 4.68 Å². The van der Waals surface area contributed by atoms with Crippen molar-refractivity contribution in [3.8, 4) is 11.4 Å². The summed E-state index contributed by atoms with van der Waals surface area (Å²) in [5.41, 5.74) is 2.06. The number of tetrazole rings is 1. The quantitative estimate of drug-likeness (QED) is 0.603. The highest BCUT2D eigenvalue weighted by Gasteiger charge is 2.22. The van der Waals surface area contributed by atoms with Crippen molar-refractivity contribution in [2.75, 3.05) is 26.2 Å². The molecule has 1 aromatic heterocycles. The van der Waals surface area contributed by atoms with E-state index in [1.165, 1.54) is 37.6 Å². The van der Waals surface area contributed by atoms with Gasteiger partial charge in [0.1, 0.15) is 12.1 Å². The van der Waals surface area contributed by atoms with Crippen LogP contribution in [0.25, 0.3) is 5.69 Å². The van der Waals surface area contributed by atoms with E-state index < -0.39 is 0 Å². The third-order valence-electron chi connectivity index (χ3n) is 5.58. The molecule has 0 spiro atoms. The van der Waals surface area contributed by atoms with Gasteiger partial charge in [0.2, 0.25) is 0 Å². The average Bonchev–Trinajstić information content (AvgIpc) is 3.22. The van der Waals surface area contributed by atoms with Gasteiger partial charge in [-0.2, -0.15) is 0 Å². The van der Waals surface area contributed by atoms with Gasteiger partial charge >= 0.3 is 0 Å². The molecule has 8 nitrogen and oxygen atoms in total. The molecule has 0 saturated carbocycles. The number of nitrogens with zero attached hydrogens (tertiary/aromatic N) is 5. The molecule has 31 heavy (non-hydrogen) atoms. The summed E-state index contributed by atoms with van der Waals surface area (Å²) in [6.07, 6.45) is 6.51. The minimum Gasteiger partial charge on any atom is -0.484 e. The van der Waals surface area contributed by atoms with Crippen LogP contribution in [0.5, 0.6) is 5.75 Å². The van der Waals surface area contributed by atoms with E-state index >= 15 is 0 Å². The Hall–Kier alpha value is -3.26. The lowest BCUT2D eigenvalue weighted by Gasteiger charge is -2.31. The first-order valence-electron chi connectivity index (χ1n) is 10.8. The maximum Gasteiger partial charge on any atom is 0.258 e. The normalized spacial score (nSPS) is 15.7. The number of aromatic nitrogens is 4. The van der Waals surface area contributed by atoms with E-state index in [0.29, 0.717) is 12.3 Å². The number of likely N-dealkylation sites (tertiary alicyclic amines) is 1. The number of carbonyl (C=O) groups is 1. The highest BCUT2D eigenvalue weighted by Crippen LogP contribution is 2.23. The second-order valence-corrected chi connectivity index (χ2v) is 7.72. The fourth-order valence-electron chi connectivity index (χ4n) is 3.92. The summed E-state index contributed by atoms with van der Waals surface area (Å²) < 4.78 is 7.22. The van der Waals surface area contributed by atoms with Crippen LogP contribution in [-0.2, 0) is 4.79 Å². The smallest absolute Gasteiger partial charge is 0.258 e. The second-order valence-electron chi connectivity index (χ2n) is 7.72. The average molecular weight is 421 g/mol. The van der Waals surface area contributed by atoms with Crippen molar-refractivity contribution in [1.82, 2.24) is 30.4 Å². The Morgan fingerprint density at radius 3 is 2.42 bits per heavy atom. The zero-order valence-electron chi connectivity index (χ0n) is 17.6. The standard InChI is InChI=1S/C23H28N6O2/c30-23(17-31-21-12-10-20(11-13-21)29-18-25-26-27-29)24-16-22(19-8-4-3-5-9-19)28-14-6-1-2-7-15-28/h3-5,8-13,18,22H,1-2,6-7,14-17H2,(H,24,30). The molecule has 1 saturated heterocycles. The Morgan fingerprint density at radius 2 is 1.74 bits per heavy atom. The Morgan fingerprint density at radius 1 is 1.00 bits per heavy atom. The summed E-state index contributed by atoms with van der Waals surface area (Å²) in [5, 5.41) is 14.2. The molecule has 1 atom stereocenters. The molecule has 1 aliphatic heterocycles. The Kier molecular flexibility index (Phi) is 7.23. The Bertz CT molecular complexity index is 922. The first kappa shape index (κ1) is 21.0. The molecular formula is C23H28N6O2. The zero-order valence-corrected chi connectivity index (χ0v) is 17.6. The lowest BCUT2D eigenvalue weighted by molar-refractivity contribution is -0.123. The van der Waals surface area contributed by atoms with E-state index in [4.69, 9.17) is 4.74 Å². The van der Waals surface area contributed by atoms with Crippen LogP contribution in [0.2, 0.25) is 0 Å². The van der Waals surface area contributed by atoms with E-state index in [2.05, 4.69) is 50.0 Å². The van der Waals surface area contributed by atoms with Crippen molar-refractivity contribution < 1.29 is 9.53 Å². The lowest BCUT2D eigenvalue weighted by Crippen LogP contribution is -2.40.